The Bertz CT molecular complexity index is 238. The van der Waals surface area contributed by atoms with E-state index in [0.717, 1.165) is 0 Å². The highest BCUT2D eigenvalue weighted by atomic mass is 16.8. The van der Waals surface area contributed by atoms with Gasteiger partial charge in [0.25, 0.3) is 0 Å². The van der Waals surface area contributed by atoms with Crippen LogP contribution in [0.2, 0.25) is 0 Å². The lowest BCUT2D eigenvalue weighted by molar-refractivity contribution is -0.262. The number of Topliss-reactive ketones (excluding diaryl/α,β-unsaturated/α-hetero) is 1. The summed E-state index contributed by atoms with van der Waals surface area (Å²) in [6.07, 6.45) is -1.80. The molecule has 0 aromatic heterocycles. The zero-order valence-corrected chi connectivity index (χ0v) is 8.06. The van der Waals surface area contributed by atoms with Gasteiger partial charge in [-0.05, 0) is 13.8 Å². The Hall–Kier alpha value is -0.530. The molecule has 3 N–H and O–H groups in total. The van der Waals surface area contributed by atoms with Crippen molar-refractivity contribution in [2.45, 2.75) is 31.5 Å². The summed E-state index contributed by atoms with van der Waals surface area (Å²) in [6.45, 7) is 1.92. The van der Waals surface area contributed by atoms with E-state index in [4.69, 9.17) is 14.6 Å². The Labute approximate surface area is 81.1 Å². The number of aliphatic hydroxyl groups excluding tert-OH is 2. The molecule has 1 aliphatic rings. The Balaban J connectivity index is 2.73. The smallest absolute Gasteiger partial charge is 0.226 e. The number of hydrogen-bond acceptors (Lipinski definition) is 6. The lowest BCUT2D eigenvalue weighted by Crippen LogP contribution is -2.50. The van der Waals surface area contributed by atoms with Crippen LogP contribution in [0.3, 0.4) is 0 Å². The topological polar surface area (TPSA) is 96.2 Å². The van der Waals surface area contributed by atoms with Gasteiger partial charge in [-0.25, -0.2) is 0 Å². The third-order valence-corrected chi connectivity index (χ3v) is 1.94. The summed E-state index contributed by atoms with van der Waals surface area (Å²) in [6, 6.07) is 0. The van der Waals surface area contributed by atoms with E-state index in [9.17, 15) is 15.0 Å². The first kappa shape index (κ1) is 11.5. The second kappa shape index (κ2) is 3.56. The summed E-state index contributed by atoms with van der Waals surface area (Å²) in [7, 11) is 0. The number of carbonyl (C=O) groups is 1. The van der Waals surface area contributed by atoms with E-state index in [1.807, 2.05) is 0 Å². The molecule has 14 heavy (non-hydrogen) atoms. The molecule has 0 amide bonds. The molecule has 1 fully saturated rings. The second-order valence-electron chi connectivity index (χ2n) is 3.66. The van der Waals surface area contributed by atoms with Gasteiger partial charge in [-0.3, -0.25) is 4.79 Å². The highest BCUT2D eigenvalue weighted by Crippen LogP contribution is 2.31. The van der Waals surface area contributed by atoms with Crippen molar-refractivity contribution in [2.75, 3.05) is 13.2 Å². The van der Waals surface area contributed by atoms with E-state index in [0.29, 0.717) is 0 Å². The molecule has 6 heteroatoms. The maximum Gasteiger partial charge on any atom is 0.226 e. The van der Waals surface area contributed by atoms with Crippen LogP contribution >= 0.6 is 0 Å². The predicted molar refractivity (Wildman–Crippen MR) is 44.2 cm³/mol. The van der Waals surface area contributed by atoms with Crippen LogP contribution in [-0.2, 0) is 14.3 Å². The van der Waals surface area contributed by atoms with Gasteiger partial charge >= 0.3 is 0 Å². The van der Waals surface area contributed by atoms with Crippen molar-refractivity contribution in [3.8, 4) is 0 Å². The first-order chi connectivity index (χ1) is 6.31. The van der Waals surface area contributed by atoms with Crippen molar-refractivity contribution >= 4 is 5.78 Å². The molecule has 0 aliphatic carbocycles. The van der Waals surface area contributed by atoms with E-state index in [1.54, 1.807) is 13.8 Å². The van der Waals surface area contributed by atoms with E-state index in [2.05, 4.69) is 0 Å². The van der Waals surface area contributed by atoms with Gasteiger partial charge in [0.2, 0.25) is 5.79 Å². The molecule has 82 valence electrons. The monoisotopic (exact) mass is 206 g/mol. The van der Waals surface area contributed by atoms with Crippen molar-refractivity contribution in [1.82, 2.24) is 0 Å². The molecule has 0 radical (unpaired) electrons. The van der Waals surface area contributed by atoms with Crippen molar-refractivity contribution in [3.05, 3.63) is 0 Å². The second-order valence-corrected chi connectivity index (χ2v) is 3.66. The summed E-state index contributed by atoms with van der Waals surface area (Å²) in [5, 5.41) is 27.5. The van der Waals surface area contributed by atoms with Gasteiger partial charge in [-0.15, -0.1) is 0 Å². The fourth-order valence-electron chi connectivity index (χ4n) is 1.23. The predicted octanol–water partition coefficient (Wildman–Crippen LogP) is -1.62. The quantitative estimate of drug-likeness (QED) is 0.513. The molecule has 0 aromatic carbocycles. The molecule has 1 rings (SSSR count). The minimum absolute atomic E-state index is 0.313. The van der Waals surface area contributed by atoms with E-state index < -0.39 is 30.1 Å². The standard InChI is InChI=1S/C8H14O6/c1-7(2)13-4-8(12,14-7)6(11)5(10)3-9/h6,9,11-12H,3-4H2,1-2H3. The van der Waals surface area contributed by atoms with Crippen LogP contribution < -0.4 is 0 Å². The fraction of sp³-hybridized carbons (Fsp3) is 0.875. The van der Waals surface area contributed by atoms with Crippen LogP contribution in [0.15, 0.2) is 0 Å². The molecule has 2 atom stereocenters. The third kappa shape index (κ3) is 2.10. The van der Waals surface area contributed by atoms with E-state index in [-0.39, 0.29) is 6.61 Å². The maximum absolute atomic E-state index is 10.9. The van der Waals surface area contributed by atoms with Crippen molar-refractivity contribution in [1.29, 1.82) is 0 Å². The molecule has 0 aromatic rings. The Kier molecular flexibility index (Phi) is 2.93. The highest BCUT2D eigenvalue weighted by molar-refractivity contribution is 5.84. The van der Waals surface area contributed by atoms with Crippen LogP contribution in [0.1, 0.15) is 13.8 Å². The van der Waals surface area contributed by atoms with E-state index in [1.165, 1.54) is 0 Å². The SMILES string of the molecule is CC1(C)OCC(O)(C(O)C(=O)CO)O1. The van der Waals surface area contributed by atoms with Crippen LogP contribution in [0.5, 0.6) is 0 Å². The van der Waals surface area contributed by atoms with Crippen LogP contribution in [0.25, 0.3) is 0 Å². The van der Waals surface area contributed by atoms with Gasteiger partial charge in [0, 0.05) is 0 Å². The zero-order chi connectivity index (χ0) is 11.0. The number of carbonyl (C=O) groups excluding carboxylic acids is 1. The molecule has 1 aliphatic heterocycles. The highest BCUT2D eigenvalue weighted by Gasteiger charge is 2.51. The number of hydrogen-bond donors (Lipinski definition) is 3. The summed E-state index contributed by atoms with van der Waals surface area (Å²) < 4.78 is 9.98. The molecule has 0 bridgehead atoms. The van der Waals surface area contributed by atoms with Crippen molar-refractivity contribution in [3.63, 3.8) is 0 Å². The lowest BCUT2D eigenvalue weighted by atomic mass is 10.1. The minimum atomic E-state index is -2.07. The molecule has 2 unspecified atom stereocenters. The minimum Gasteiger partial charge on any atom is -0.388 e. The number of ether oxygens (including phenoxy) is 2. The summed E-state index contributed by atoms with van der Waals surface area (Å²) >= 11 is 0. The molecule has 1 heterocycles. The van der Waals surface area contributed by atoms with Gasteiger partial charge in [0.15, 0.2) is 17.7 Å². The van der Waals surface area contributed by atoms with Gasteiger partial charge in [0.05, 0.1) is 0 Å². The fourth-order valence-corrected chi connectivity index (χ4v) is 1.23. The Morgan fingerprint density at radius 1 is 1.57 bits per heavy atom. The molecule has 6 nitrogen and oxygen atoms in total. The first-order valence-corrected chi connectivity index (χ1v) is 4.19. The van der Waals surface area contributed by atoms with Gasteiger partial charge in [-0.2, -0.15) is 0 Å². The van der Waals surface area contributed by atoms with E-state index >= 15 is 0 Å². The first-order valence-electron chi connectivity index (χ1n) is 4.19. The molecular weight excluding hydrogens is 192 g/mol. The van der Waals surface area contributed by atoms with Crippen LogP contribution in [-0.4, -0.2) is 52.0 Å². The zero-order valence-electron chi connectivity index (χ0n) is 8.06. The molecular formula is C8H14O6. The normalized spacial score (nSPS) is 32.9. The van der Waals surface area contributed by atoms with Crippen LogP contribution in [0.4, 0.5) is 0 Å². The summed E-state index contributed by atoms with van der Waals surface area (Å²) in [5.74, 6) is -4.02. The van der Waals surface area contributed by atoms with Crippen molar-refractivity contribution < 1.29 is 29.6 Å². The molecule has 0 spiro atoms. The average molecular weight is 206 g/mol. The largest absolute Gasteiger partial charge is 0.388 e. The summed E-state index contributed by atoms with van der Waals surface area (Å²) in [5.41, 5.74) is 0. The van der Waals surface area contributed by atoms with Crippen LogP contribution in [0, 0.1) is 0 Å². The summed E-state index contributed by atoms with van der Waals surface area (Å²) in [4.78, 5) is 10.9. The van der Waals surface area contributed by atoms with Gasteiger partial charge in [-0.1, -0.05) is 0 Å². The van der Waals surface area contributed by atoms with Crippen molar-refractivity contribution in [2.24, 2.45) is 0 Å². The maximum atomic E-state index is 10.9. The Morgan fingerprint density at radius 3 is 2.50 bits per heavy atom. The number of aliphatic hydroxyl groups is 3. The van der Waals surface area contributed by atoms with Gasteiger partial charge in [0.1, 0.15) is 13.2 Å². The molecule has 1 saturated heterocycles. The number of ketones is 1. The number of rotatable bonds is 3. The average Bonchev–Trinajstić information content (AvgIpc) is 2.39. The Morgan fingerprint density at radius 2 is 2.14 bits per heavy atom. The third-order valence-electron chi connectivity index (χ3n) is 1.94. The molecule has 0 saturated carbocycles. The van der Waals surface area contributed by atoms with Gasteiger partial charge < -0.3 is 24.8 Å². The lowest BCUT2D eigenvalue weighted by Gasteiger charge is -2.26.